The van der Waals surface area contributed by atoms with E-state index in [0.29, 0.717) is 12.1 Å². The minimum atomic E-state index is -0.246. The molecule has 0 bridgehead atoms. The first-order valence-electron chi connectivity index (χ1n) is 10.8. The summed E-state index contributed by atoms with van der Waals surface area (Å²) < 4.78 is 0. The molecule has 33 heavy (non-hydrogen) atoms. The standard InChI is InChI=1S/C27H26N4O2/c1-19(24-13-7-9-21-8-5-6-12-25(21)24)29-27(33)28-18-20-14-16-22(17-15-20)26(32)31-30-23-10-3-2-4-11-23/h2-17,19,30H,18H2,1H3,(H,31,32)(H2,28,29,33). The minimum absolute atomic E-state index is 0.140. The number of carbonyl (C=O) groups is 2. The second kappa shape index (κ2) is 10.3. The third kappa shape index (κ3) is 5.68. The van der Waals surface area contributed by atoms with Gasteiger partial charge in [0.25, 0.3) is 5.91 Å². The lowest BCUT2D eigenvalue weighted by Crippen LogP contribution is -2.36. The van der Waals surface area contributed by atoms with Crippen LogP contribution in [0.5, 0.6) is 0 Å². The molecule has 0 aliphatic rings. The van der Waals surface area contributed by atoms with Crippen molar-refractivity contribution in [3.63, 3.8) is 0 Å². The van der Waals surface area contributed by atoms with E-state index in [9.17, 15) is 9.59 Å². The molecule has 4 N–H and O–H groups in total. The molecule has 1 atom stereocenters. The molecule has 0 aliphatic heterocycles. The van der Waals surface area contributed by atoms with Crippen LogP contribution in [0.1, 0.15) is 34.5 Å². The van der Waals surface area contributed by atoms with Crippen LogP contribution in [0, 0.1) is 0 Å². The Morgan fingerprint density at radius 3 is 2.27 bits per heavy atom. The molecule has 0 heterocycles. The highest BCUT2D eigenvalue weighted by atomic mass is 16.2. The van der Waals surface area contributed by atoms with E-state index in [4.69, 9.17) is 0 Å². The number of amides is 3. The molecule has 4 rings (SSSR count). The Balaban J connectivity index is 1.28. The number of para-hydroxylation sites is 1. The normalized spacial score (nSPS) is 11.4. The highest BCUT2D eigenvalue weighted by Gasteiger charge is 2.12. The fraction of sp³-hybridized carbons (Fsp3) is 0.111. The lowest BCUT2D eigenvalue weighted by molar-refractivity contribution is 0.0962. The average molecular weight is 439 g/mol. The summed E-state index contributed by atoms with van der Waals surface area (Å²) >= 11 is 0. The fourth-order valence-corrected chi connectivity index (χ4v) is 3.63. The molecule has 0 aliphatic carbocycles. The second-order valence-corrected chi connectivity index (χ2v) is 7.76. The smallest absolute Gasteiger partial charge is 0.315 e. The molecular formula is C27H26N4O2. The first-order valence-corrected chi connectivity index (χ1v) is 10.8. The lowest BCUT2D eigenvalue weighted by atomic mass is 10.00. The van der Waals surface area contributed by atoms with Crippen LogP contribution < -0.4 is 21.5 Å². The van der Waals surface area contributed by atoms with E-state index < -0.39 is 0 Å². The predicted molar refractivity (Wildman–Crippen MR) is 132 cm³/mol. The van der Waals surface area contributed by atoms with Gasteiger partial charge in [-0.15, -0.1) is 0 Å². The van der Waals surface area contributed by atoms with Crippen LogP contribution in [-0.2, 0) is 6.54 Å². The van der Waals surface area contributed by atoms with Crippen molar-refractivity contribution in [1.82, 2.24) is 16.1 Å². The van der Waals surface area contributed by atoms with Crippen molar-refractivity contribution in [3.05, 3.63) is 114 Å². The molecule has 4 aromatic rings. The van der Waals surface area contributed by atoms with Gasteiger partial charge in [-0.1, -0.05) is 72.8 Å². The van der Waals surface area contributed by atoms with Gasteiger partial charge in [0.1, 0.15) is 0 Å². The highest BCUT2D eigenvalue weighted by molar-refractivity contribution is 5.94. The summed E-state index contributed by atoms with van der Waals surface area (Å²) in [5.74, 6) is -0.236. The SMILES string of the molecule is CC(NC(=O)NCc1ccc(C(=O)NNc2ccccc2)cc1)c1cccc2ccccc12. The molecule has 166 valence electrons. The van der Waals surface area contributed by atoms with Crippen molar-refractivity contribution in [2.45, 2.75) is 19.5 Å². The van der Waals surface area contributed by atoms with E-state index in [2.05, 4.69) is 39.7 Å². The van der Waals surface area contributed by atoms with E-state index in [1.54, 1.807) is 12.1 Å². The van der Waals surface area contributed by atoms with Crippen LogP contribution >= 0.6 is 0 Å². The molecule has 0 spiro atoms. The average Bonchev–Trinajstić information content (AvgIpc) is 2.86. The summed E-state index contributed by atoms with van der Waals surface area (Å²) in [7, 11) is 0. The van der Waals surface area contributed by atoms with Gasteiger partial charge >= 0.3 is 6.03 Å². The molecule has 6 heteroatoms. The Labute approximate surface area is 193 Å². The van der Waals surface area contributed by atoms with Gasteiger partial charge in [-0.05, 0) is 53.1 Å². The van der Waals surface area contributed by atoms with Gasteiger partial charge in [0.2, 0.25) is 0 Å². The zero-order valence-corrected chi connectivity index (χ0v) is 18.3. The van der Waals surface area contributed by atoms with E-state index >= 15 is 0 Å². The molecule has 0 saturated carbocycles. The number of anilines is 1. The Kier molecular flexibility index (Phi) is 6.85. The van der Waals surface area contributed by atoms with Gasteiger partial charge in [-0.25, -0.2) is 4.79 Å². The summed E-state index contributed by atoms with van der Waals surface area (Å²) in [5, 5.41) is 8.15. The Hall–Kier alpha value is -4.32. The Morgan fingerprint density at radius 1 is 0.788 bits per heavy atom. The summed E-state index contributed by atoms with van der Waals surface area (Å²) in [6.45, 7) is 2.33. The topological polar surface area (TPSA) is 82.3 Å². The zero-order chi connectivity index (χ0) is 23.0. The number of rotatable bonds is 7. The Bertz CT molecular complexity index is 1230. The van der Waals surface area contributed by atoms with Gasteiger partial charge in [-0.2, -0.15) is 0 Å². The van der Waals surface area contributed by atoms with Gasteiger partial charge in [0.15, 0.2) is 0 Å². The quantitative estimate of drug-likeness (QED) is 0.301. The largest absolute Gasteiger partial charge is 0.334 e. The van der Waals surface area contributed by atoms with Gasteiger partial charge in [0, 0.05) is 12.1 Å². The van der Waals surface area contributed by atoms with Crippen LogP contribution in [0.3, 0.4) is 0 Å². The summed E-state index contributed by atoms with van der Waals surface area (Å²) in [5.41, 5.74) is 8.84. The maximum atomic E-state index is 12.4. The van der Waals surface area contributed by atoms with Crippen molar-refractivity contribution in [1.29, 1.82) is 0 Å². The van der Waals surface area contributed by atoms with E-state index in [-0.39, 0.29) is 18.0 Å². The number of hydrogen-bond donors (Lipinski definition) is 4. The number of carbonyl (C=O) groups excluding carboxylic acids is 2. The van der Waals surface area contributed by atoms with Crippen molar-refractivity contribution < 1.29 is 9.59 Å². The number of hydrazine groups is 1. The highest BCUT2D eigenvalue weighted by Crippen LogP contribution is 2.23. The van der Waals surface area contributed by atoms with Crippen LogP contribution in [-0.4, -0.2) is 11.9 Å². The van der Waals surface area contributed by atoms with Gasteiger partial charge in [-0.3, -0.25) is 15.6 Å². The Morgan fingerprint density at radius 2 is 1.48 bits per heavy atom. The van der Waals surface area contributed by atoms with E-state index in [1.807, 2.05) is 73.7 Å². The second-order valence-electron chi connectivity index (χ2n) is 7.76. The van der Waals surface area contributed by atoms with Crippen molar-refractivity contribution in [2.75, 3.05) is 5.43 Å². The molecule has 3 amide bonds. The molecule has 6 nitrogen and oxygen atoms in total. The van der Waals surface area contributed by atoms with E-state index in [0.717, 1.165) is 27.6 Å². The molecule has 1 unspecified atom stereocenters. The minimum Gasteiger partial charge on any atom is -0.334 e. The molecule has 4 aromatic carbocycles. The third-order valence-corrected chi connectivity index (χ3v) is 5.40. The lowest BCUT2D eigenvalue weighted by Gasteiger charge is -2.17. The van der Waals surface area contributed by atoms with Gasteiger partial charge in [0.05, 0.1) is 11.7 Å². The monoisotopic (exact) mass is 438 g/mol. The van der Waals surface area contributed by atoms with Crippen molar-refractivity contribution >= 4 is 28.4 Å². The fourth-order valence-electron chi connectivity index (χ4n) is 3.63. The van der Waals surface area contributed by atoms with Crippen LogP contribution in [0.15, 0.2) is 97.1 Å². The third-order valence-electron chi connectivity index (χ3n) is 5.40. The molecule has 0 aromatic heterocycles. The number of benzene rings is 4. The number of hydrogen-bond acceptors (Lipinski definition) is 3. The molecule has 0 radical (unpaired) electrons. The maximum absolute atomic E-state index is 12.4. The number of urea groups is 1. The first-order chi connectivity index (χ1) is 16.1. The summed E-state index contributed by atoms with van der Waals surface area (Å²) in [4.78, 5) is 24.7. The first kappa shape index (κ1) is 21.9. The maximum Gasteiger partial charge on any atom is 0.315 e. The molecular weight excluding hydrogens is 412 g/mol. The summed E-state index contributed by atoms with van der Waals surface area (Å²) in [6, 6.07) is 30.4. The van der Waals surface area contributed by atoms with Crippen molar-refractivity contribution in [2.24, 2.45) is 0 Å². The van der Waals surface area contributed by atoms with Crippen LogP contribution in [0.2, 0.25) is 0 Å². The van der Waals surface area contributed by atoms with Crippen molar-refractivity contribution in [3.8, 4) is 0 Å². The number of fused-ring (bicyclic) bond motifs is 1. The van der Waals surface area contributed by atoms with Crippen LogP contribution in [0.4, 0.5) is 10.5 Å². The van der Waals surface area contributed by atoms with E-state index in [1.165, 1.54) is 0 Å². The number of nitrogens with one attached hydrogen (secondary N) is 4. The predicted octanol–water partition coefficient (Wildman–Crippen LogP) is 5.16. The molecule has 0 saturated heterocycles. The zero-order valence-electron chi connectivity index (χ0n) is 18.3. The van der Waals surface area contributed by atoms with Crippen LogP contribution in [0.25, 0.3) is 10.8 Å². The summed E-state index contributed by atoms with van der Waals surface area (Å²) in [6.07, 6.45) is 0. The molecule has 0 fully saturated rings. The van der Waals surface area contributed by atoms with Gasteiger partial charge < -0.3 is 10.6 Å².